The van der Waals surface area contributed by atoms with Crippen molar-refractivity contribution in [3.8, 4) is 11.5 Å². The number of anilines is 1. The van der Waals surface area contributed by atoms with Crippen LogP contribution in [-0.2, 0) is 4.79 Å². The van der Waals surface area contributed by atoms with Crippen LogP contribution in [0.5, 0.6) is 11.5 Å². The first-order chi connectivity index (χ1) is 14.9. The van der Waals surface area contributed by atoms with Gasteiger partial charge in [0.25, 0.3) is 5.91 Å². The first-order valence-electron chi connectivity index (χ1n) is 10.2. The van der Waals surface area contributed by atoms with Crippen molar-refractivity contribution in [1.82, 2.24) is 4.90 Å². The molecule has 2 aromatic carbocycles. The molecule has 2 aromatic rings. The lowest BCUT2D eigenvalue weighted by molar-refractivity contribution is -0.116. The minimum atomic E-state index is -0.337. The topological polar surface area (TPSA) is 67.9 Å². The third-order valence-corrected chi connectivity index (χ3v) is 5.49. The maximum Gasteiger partial charge on any atom is 0.254 e. The third-order valence-electron chi connectivity index (χ3n) is 4.41. The number of nitrogens with zero attached hydrogens (tertiary/aromatic N) is 1. The molecule has 2 rings (SSSR count). The molecule has 0 aliphatic rings. The molecule has 8 heteroatoms. The number of hydrogen-bond donors (Lipinski definition) is 1. The predicted octanol–water partition coefficient (Wildman–Crippen LogP) is 5.35. The highest BCUT2D eigenvalue weighted by Gasteiger charge is 2.20. The summed E-state index contributed by atoms with van der Waals surface area (Å²) in [5, 5.41) is 3.16. The van der Waals surface area contributed by atoms with Crippen molar-refractivity contribution in [3.63, 3.8) is 0 Å². The number of carbonyl (C=O) groups excluding carboxylic acids is 2. The van der Waals surface area contributed by atoms with Crippen LogP contribution in [0.2, 0.25) is 5.02 Å². The van der Waals surface area contributed by atoms with Crippen LogP contribution in [0.1, 0.15) is 37.0 Å². The fourth-order valence-electron chi connectivity index (χ4n) is 2.86. The number of likely N-dealkylation sites (N-methyl/N-ethyl adjacent to an activating group) is 1. The van der Waals surface area contributed by atoms with Gasteiger partial charge in [0.2, 0.25) is 5.91 Å². The van der Waals surface area contributed by atoms with Gasteiger partial charge in [-0.1, -0.05) is 37.1 Å². The Morgan fingerprint density at radius 1 is 1.16 bits per heavy atom. The normalized spacial score (nSPS) is 10.5. The quantitative estimate of drug-likeness (QED) is 0.358. The van der Waals surface area contributed by atoms with Crippen LogP contribution in [0, 0.1) is 0 Å². The van der Waals surface area contributed by atoms with Gasteiger partial charge in [-0.3, -0.25) is 9.59 Å². The number of carbonyl (C=O) groups is 2. The number of nitrogens with one attached hydrogen (secondary N) is 1. The van der Waals surface area contributed by atoms with Gasteiger partial charge in [-0.05, 0) is 43.9 Å². The zero-order chi connectivity index (χ0) is 22.8. The maximum absolute atomic E-state index is 12.9. The largest absolute Gasteiger partial charge is 0.490 e. The van der Waals surface area contributed by atoms with E-state index in [-0.39, 0.29) is 18.4 Å². The van der Waals surface area contributed by atoms with Crippen LogP contribution >= 0.6 is 23.4 Å². The van der Waals surface area contributed by atoms with Crippen LogP contribution in [0.4, 0.5) is 5.69 Å². The Hall–Kier alpha value is -2.38. The van der Waals surface area contributed by atoms with Crippen molar-refractivity contribution in [2.24, 2.45) is 0 Å². The van der Waals surface area contributed by atoms with Crippen LogP contribution in [0.25, 0.3) is 0 Å². The van der Waals surface area contributed by atoms with Gasteiger partial charge in [-0.2, -0.15) is 0 Å². The van der Waals surface area contributed by atoms with E-state index < -0.39 is 0 Å². The second-order valence-electron chi connectivity index (χ2n) is 6.83. The summed E-state index contributed by atoms with van der Waals surface area (Å²) in [6.45, 7) is 4.74. The SMILES string of the molecule is CCCCOc1c(Cl)cc(C(=O)N(C)CC(=O)Nc2ccccc2SC)cc1OCC. The molecule has 0 bridgehead atoms. The average Bonchev–Trinajstić information content (AvgIpc) is 2.75. The number of amides is 2. The van der Waals surface area contributed by atoms with E-state index in [1.807, 2.05) is 37.4 Å². The highest BCUT2D eigenvalue weighted by molar-refractivity contribution is 7.98. The van der Waals surface area contributed by atoms with Gasteiger partial charge in [0.05, 0.1) is 30.5 Å². The Kier molecular flexibility index (Phi) is 10.0. The van der Waals surface area contributed by atoms with E-state index in [1.165, 1.54) is 16.7 Å². The van der Waals surface area contributed by atoms with E-state index in [1.54, 1.807) is 19.2 Å². The fraction of sp³-hybridized carbons (Fsp3) is 0.391. The molecule has 0 aliphatic heterocycles. The van der Waals surface area contributed by atoms with Gasteiger partial charge in [-0.15, -0.1) is 11.8 Å². The smallest absolute Gasteiger partial charge is 0.254 e. The number of thioether (sulfide) groups is 1. The summed E-state index contributed by atoms with van der Waals surface area (Å²) in [6, 6.07) is 10.7. The summed E-state index contributed by atoms with van der Waals surface area (Å²) in [6.07, 6.45) is 3.82. The van der Waals surface area contributed by atoms with Gasteiger partial charge in [0, 0.05) is 17.5 Å². The Bertz CT molecular complexity index is 907. The van der Waals surface area contributed by atoms with Gasteiger partial charge < -0.3 is 19.7 Å². The first-order valence-corrected chi connectivity index (χ1v) is 11.8. The first kappa shape index (κ1) is 24.9. The summed E-state index contributed by atoms with van der Waals surface area (Å²) < 4.78 is 11.4. The van der Waals surface area contributed by atoms with E-state index in [4.69, 9.17) is 21.1 Å². The van der Waals surface area contributed by atoms with Gasteiger partial charge in [0.15, 0.2) is 11.5 Å². The molecule has 168 valence electrons. The zero-order valence-corrected chi connectivity index (χ0v) is 19.9. The van der Waals surface area contributed by atoms with Crippen LogP contribution in [0.15, 0.2) is 41.3 Å². The number of benzene rings is 2. The number of halogens is 1. The summed E-state index contributed by atoms with van der Waals surface area (Å²) in [7, 11) is 1.57. The molecule has 2 amide bonds. The fourth-order valence-corrected chi connectivity index (χ4v) is 3.68. The number of para-hydroxylation sites is 1. The molecule has 0 saturated carbocycles. The summed E-state index contributed by atoms with van der Waals surface area (Å²) >= 11 is 7.93. The van der Waals surface area contributed by atoms with Crippen LogP contribution in [0.3, 0.4) is 0 Å². The lowest BCUT2D eigenvalue weighted by Crippen LogP contribution is -2.35. The Morgan fingerprint density at radius 3 is 2.58 bits per heavy atom. The van der Waals surface area contributed by atoms with Crippen molar-refractivity contribution in [1.29, 1.82) is 0 Å². The number of unbranched alkanes of at least 4 members (excludes halogenated alkanes) is 1. The molecule has 0 aromatic heterocycles. The highest BCUT2D eigenvalue weighted by atomic mass is 35.5. The standard InChI is InChI=1S/C23H29ClN2O4S/c1-5-7-12-30-22-17(24)13-16(14-19(22)29-6-2)23(28)26(3)15-21(27)25-18-10-8-9-11-20(18)31-4/h8-11,13-14H,5-7,12,15H2,1-4H3,(H,25,27). The minimum Gasteiger partial charge on any atom is -0.490 e. The van der Waals surface area contributed by atoms with Gasteiger partial charge in [-0.25, -0.2) is 0 Å². The number of rotatable bonds is 11. The molecule has 0 spiro atoms. The molecular formula is C23H29ClN2O4S. The van der Waals surface area contributed by atoms with Crippen molar-refractivity contribution >= 4 is 40.9 Å². The molecule has 0 atom stereocenters. The monoisotopic (exact) mass is 464 g/mol. The highest BCUT2D eigenvalue weighted by Crippen LogP contribution is 2.37. The molecule has 0 radical (unpaired) electrons. The Labute approximate surface area is 193 Å². The zero-order valence-electron chi connectivity index (χ0n) is 18.4. The molecule has 1 N–H and O–H groups in total. The van der Waals surface area contributed by atoms with E-state index in [0.717, 1.165) is 23.4 Å². The van der Waals surface area contributed by atoms with E-state index in [9.17, 15) is 9.59 Å². The molecule has 0 heterocycles. The van der Waals surface area contributed by atoms with E-state index >= 15 is 0 Å². The summed E-state index contributed by atoms with van der Waals surface area (Å²) in [4.78, 5) is 27.7. The van der Waals surface area contributed by atoms with Crippen molar-refractivity contribution < 1.29 is 19.1 Å². The van der Waals surface area contributed by atoms with Crippen LogP contribution < -0.4 is 14.8 Å². The van der Waals surface area contributed by atoms with Crippen molar-refractivity contribution in [2.75, 3.05) is 38.4 Å². The third kappa shape index (κ3) is 7.08. The summed E-state index contributed by atoms with van der Waals surface area (Å²) in [5.74, 6) is 0.230. The van der Waals surface area contributed by atoms with Gasteiger partial charge >= 0.3 is 0 Å². The molecule has 0 saturated heterocycles. The molecule has 0 unspecified atom stereocenters. The molecule has 0 aliphatic carbocycles. The van der Waals surface area contributed by atoms with Crippen molar-refractivity contribution in [3.05, 3.63) is 47.0 Å². The Morgan fingerprint density at radius 2 is 1.90 bits per heavy atom. The van der Waals surface area contributed by atoms with E-state index in [0.29, 0.717) is 35.3 Å². The maximum atomic E-state index is 12.9. The lowest BCUT2D eigenvalue weighted by Gasteiger charge is -2.19. The predicted molar refractivity (Wildman–Crippen MR) is 127 cm³/mol. The summed E-state index contributed by atoms with van der Waals surface area (Å²) in [5.41, 5.74) is 1.05. The second-order valence-corrected chi connectivity index (χ2v) is 8.09. The number of hydrogen-bond acceptors (Lipinski definition) is 5. The number of ether oxygens (including phenoxy) is 2. The van der Waals surface area contributed by atoms with Crippen LogP contribution in [-0.4, -0.2) is 49.8 Å². The van der Waals surface area contributed by atoms with E-state index in [2.05, 4.69) is 12.2 Å². The lowest BCUT2D eigenvalue weighted by atomic mass is 10.1. The Balaban J connectivity index is 2.12. The van der Waals surface area contributed by atoms with Gasteiger partial charge in [0.1, 0.15) is 0 Å². The van der Waals surface area contributed by atoms with Crippen molar-refractivity contribution in [2.45, 2.75) is 31.6 Å². The molecule has 6 nitrogen and oxygen atoms in total. The molecule has 0 fully saturated rings. The molecule has 31 heavy (non-hydrogen) atoms. The average molecular weight is 465 g/mol. The second kappa shape index (κ2) is 12.5. The molecular weight excluding hydrogens is 436 g/mol. The minimum absolute atomic E-state index is 0.0993.